The summed E-state index contributed by atoms with van der Waals surface area (Å²) < 4.78 is 37.2. The largest absolute Gasteiger partial charge is 0.401 e. The number of thiophene rings is 1. The van der Waals surface area contributed by atoms with Crippen LogP contribution in [0.1, 0.15) is 18.9 Å². The molecule has 1 aromatic rings. The minimum Gasteiger partial charge on any atom is -0.357 e. The lowest BCUT2D eigenvalue weighted by Gasteiger charge is -2.19. The van der Waals surface area contributed by atoms with Gasteiger partial charge in [-0.1, -0.05) is 0 Å². The second kappa shape index (κ2) is 7.82. The molecule has 0 saturated carbocycles. The third kappa shape index (κ3) is 5.84. The van der Waals surface area contributed by atoms with Crippen molar-refractivity contribution < 1.29 is 13.2 Å². The zero-order valence-electron chi connectivity index (χ0n) is 12.5. The molecule has 4 nitrogen and oxygen atoms in total. The van der Waals surface area contributed by atoms with Crippen molar-refractivity contribution in [1.29, 1.82) is 0 Å². The maximum Gasteiger partial charge on any atom is 0.401 e. The molecule has 22 heavy (non-hydrogen) atoms. The molecule has 0 radical (unpaired) electrons. The maximum absolute atomic E-state index is 12.4. The number of nitrogens with zero attached hydrogens (tertiary/aromatic N) is 2. The molecule has 124 valence electrons. The van der Waals surface area contributed by atoms with Crippen LogP contribution in [-0.2, 0) is 6.54 Å². The first-order valence-electron chi connectivity index (χ1n) is 7.31. The van der Waals surface area contributed by atoms with E-state index < -0.39 is 12.7 Å². The number of hydrogen-bond acceptors (Lipinski definition) is 3. The van der Waals surface area contributed by atoms with E-state index in [2.05, 4.69) is 15.6 Å². The molecule has 1 aliphatic rings. The summed E-state index contributed by atoms with van der Waals surface area (Å²) in [6.45, 7) is 3.26. The lowest BCUT2D eigenvalue weighted by atomic mass is 10.3. The van der Waals surface area contributed by atoms with Crippen molar-refractivity contribution in [3.8, 4) is 0 Å². The Kier molecular flexibility index (Phi) is 6.07. The van der Waals surface area contributed by atoms with Gasteiger partial charge in [0.1, 0.15) is 0 Å². The van der Waals surface area contributed by atoms with Crippen LogP contribution in [0.3, 0.4) is 0 Å². The fourth-order valence-corrected chi connectivity index (χ4v) is 3.07. The molecule has 1 aliphatic heterocycles. The highest BCUT2D eigenvalue weighted by molar-refractivity contribution is 7.07. The lowest BCUT2D eigenvalue weighted by molar-refractivity contribution is -0.143. The average Bonchev–Trinajstić information content (AvgIpc) is 3.06. The first kappa shape index (κ1) is 17.1. The van der Waals surface area contributed by atoms with Gasteiger partial charge in [0.05, 0.1) is 13.1 Å². The van der Waals surface area contributed by atoms with Crippen LogP contribution in [0.4, 0.5) is 13.2 Å². The lowest BCUT2D eigenvalue weighted by Crippen LogP contribution is -2.45. The number of hydrogen-bond donors (Lipinski definition) is 2. The number of nitrogens with one attached hydrogen (secondary N) is 2. The van der Waals surface area contributed by atoms with Crippen molar-refractivity contribution in [3.05, 3.63) is 22.4 Å². The first-order chi connectivity index (χ1) is 10.5. The van der Waals surface area contributed by atoms with Gasteiger partial charge in [-0.05, 0) is 35.7 Å². The van der Waals surface area contributed by atoms with Gasteiger partial charge in [0.25, 0.3) is 0 Å². The number of likely N-dealkylation sites (tertiary alicyclic amines) is 1. The normalized spacial score (nSPS) is 20.4. The monoisotopic (exact) mass is 334 g/mol. The van der Waals surface area contributed by atoms with Crippen LogP contribution in [0.2, 0.25) is 0 Å². The smallest absolute Gasteiger partial charge is 0.357 e. The molecule has 2 heterocycles. The van der Waals surface area contributed by atoms with E-state index in [1.54, 1.807) is 11.3 Å². The highest BCUT2D eigenvalue weighted by atomic mass is 32.1. The topological polar surface area (TPSA) is 39.7 Å². The summed E-state index contributed by atoms with van der Waals surface area (Å²) in [7, 11) is 0. The van der Waals surface area contributed by atoms with E-state index in [1.807, 2.05) is 23.8 Å². The standard InChI is InChI=1S/C14H21F3N4S/c1-2-18-13(19-7-11-4-6-22-9-11)20-12-3-5-21(8-12)10-14(15,16)17/h4,6,9,12H,2-3,5,7-8,10H2,1H3,(H2,18,19,20). The van der Waals surface area contributed by atoms with Crippen LogP contribution < -0.4 is 10.6 Å². The van der Waals surface area contributed by atoms with E-state index >= 15 is 0 Å². The number of guanidine groups is 1. The number of alkyl halides is 3. The van der Waals surface area contributed by atoms with Gasteiger partial charge in [-0.15, -0.1) is 0 Å². The molecule has 0 spiro atoms. The molecule has 0 amide bonds. The van der Waals surface area contributed by atoms with Crippen LogP contribution >= 0.6 is 11.3 Å². The molecule has 1 saturated heterocycles. The number of aliphatic imine (C=N–C) groups is 1. The number of rotatable bonds is 5. The zero-order chi connectivity index (χ0) is 16.0. The third-order valence-corrected chi connectivity index (χ3v) is 4.09. The zero-order valence-corrected chi connectivity index (χ0v) is 13.3. The highest BCUT2D eigenvalue weighted by Gasteiger charge is 2.34. The molecule has 0 aliphatic carbocycles. The van der Waals surface area contributed by atoms with Gasteiger partial charge >= 0.3 is 6.18 Å². The Morgan fingerprint density at radius 3 is 2.95 bits per heavy atom. The van der Waals surface area contributed by atoms with Gasteiger partial charge in [-0.2, -0.15) is 24.5 Å². The minimum absolute atomic E-state index is 0.00243. The van der Waals surface area contributed by atoms with Crippen molar-refractivity contribution in [2.24, 2.45) is 4.99 Å². The van der Waals surface area contributed by atoms with E-state index in [1.165, 1.54) is 4.90 Å². The van der Waals surface area contributed by atoms with Crippen molar-refractivity contribution >= 4 is 17.3 Å². The second-order valence-corrected chi connectivity index (χ2v) is 6.09. The van der Waals surface area contributed by atoms with Crippen LogP contribution in [0.15, 0.2) is 21.8 Å². The van der Waals surface area contributed by atoms with Gasteiger partial charge in [-0.25, -0.2) is 4.99 Å². The van der Waals surface area contributed by atoms with E-state index in [4.69, 9.17) is 0 Å². The summed E-state index contributed by atoms with van der Waals surface area (Å²) in [6.07, 6.45) is -3.44. The quantitative estimate of drug-likeness (QED) is 0.642. The summed E-state index contributed by atoms with van der Waals surface area (Å²) >= 11 is 1.62. The molecule has 0 bridgehead atoms. The fraction of sp³-hybridized carbons (Fsp3) is 0.643. The Bertz CT molecular complexity index is 473. The Morgan fingerprint density at radius 2 is 2.32 bits per heavy atom. The minimum atomic E-state index is -4.13. The Balaban J connectivity index is 1.85. The second-order valence-electron chi connectivity index (χ2n) is 5.31. The maximum atomic E-state index is 12.4. The van der Waals surface area contributed by atoms with Crippen molar-refractivity contribution in [2.45, 2.75) is 32.1 Å². The molecule has 1 atom stereocenters. The third-order valence-electron chi connectivity index (χ3n) is 3.36. The molecule has 1 unspecified atom stereocenters. The van der Waals surface area contributed by atoms with Crippen LogP contribution in [-0.4, -0.2) is 49.3 Å². The first-order valence-corrected chi connectivity index (χ1v) is 8.25. The molecular formula is C14H21F3N4S. The predicted octanol–water partition coefficient (Wildman–Crippen LogP) is 2.44. The van der Waals surface area contributed by atoms with Crippen LogP contribution in [0.25, 0.3) is 0 Å². The molecule has 8 heteroatoms. The highest BCUT2D eigenvalue weighted by Crippen LogP contribution is 2.19. The van der Waals surface area contributed by atoms with Gasteiger partial charge in [0, 0.05) is 25.7 Å². The van der Waals surface area contributed by atoms with Crippen LogP contribution in [0, 0.1) is 0 Å². The summed E-state index contributed by atoms with van der Waals surface area (Å²) in [4.78, 5) is 5.91. The Morgan fingerprint density at radius 1 is 1.50 bits per heavy atom. The van der Waals surface area contributed by atoms with Crippen molar-refractivity contribution in [2.75, 3.05) is 26.2 Å². The Labute approximate surface area is 132 Å². The van der Waals surface area contributed by atoms with E-state index in [0.717, 1.165) is 5.56 Å². The van der Waals surface area contributed by atoms with Gasteiger partial charge in [-0.3, -0.25) is 4.90 Å². The SMILES string of the molecule is CCNC(=NCc1ccsc1)NC1CCN(CC(F)(F)F)C1. The van der Waals surface area contributed by atoms with Crippen molar-refractivity contribution in [1.82, 2.24) is 15.5 Å². The number of halogens is 3. The predicted molar refractivity (Wildman–Crippen MR) is 83.2 cm³/mol. The molecule has 0 aromatic carbocycles. The van der Waals surface area contributed by atoms with Gasteiger partial charge < -0.3 is 10.6 Å². The van der Waals surface area contributed by atoms with Crippen LogP contribution in [0.5, 0.6) is 0 Å². The molecular weight excluding hydrogens is 313 g/mol. The van der Waals surface area contributed by atoms with Gasteiger partial charge in [0.15, 0.2) is 5.96 Å². The molecule has 2 N–H and O–H groups in total. The molecule has 2 rings (SSSR count). The van der Waals surface area contributed by atoms with E-state index in [0.29, 0.717) is 38.6 Å². The summed E-state index contributed by atoms with van der Waals surface area (Å²) in [6, 6.07) is 2.01. The Hall–Kier alpha value is -1.28. The molecule has 1 aromatic heterocycles. The van der Waals surface area contributed by atoms with E-state index in [-0.39, 0.29) is 6.04 Å². The molecule has 1 fully saturated rings. The fourth-order valence-electron chi connectivity index (χ4n) is 2.41. The van der Waals surface area contributed by atoms with Crippen molar-refractivity contribution in [3.63, 3.8) is 0 Å². The average molecular weight is 334 g/mol. The van der Waals surface area contributed by atoms with Gasteiger partial charge in [0.2, 0.25) is 0 Å². The summed E-state index contributed by atoms with van der Waals surface area (Å²) in [5.41, 5.74) is 1.13. The summed E-state index contributed by atoms with van der Waals surface area (Å²) in [5, 5.41) is 10.4. The summed E-state index contributed by atoms with van der Waals surface area (Å²) in [5.74, 6) is 0.660. The van der Waals surface area contributed by atoms with E-state index in [9.17, 15) is 13.2 Å².